The second kappa shape index (κ2) is 57.8. The first kappa shape index (κ1) is 118. The number of hydrogen-bond acceptors (Lipinski definition) is 10. The van der Waals surface area contributed by atoms with Crippen molar-refractivity contribution in [1.29, 1.82) is 0 Å². The maximum Gasteiger partial charge on any atom is 2.00 e. The van der Waals surface area contributed by atoms with Crippen molar-refractivity contribution in [3.63, 3.8) is 0 Å². The van der Waals surface area contributed by atoms with Crippen LogP contribution >= 0.6 is 32.3 Å². The average Bonchev–Trinajstić information content (AvgIpc) is 1.51. The van der Waals surface area contributed by atoms with Crippen LogP contribution in [-0.2, 0) is 82.3 Å². The van der Waals surface area contributed by atoms with Crippen LogP contribution in [0.2, 0.25) is 0 Å². The van der Waals surface area contributed by atoms with Gasteiger partial charge in [-0.15, -0.1) is 0 Å². The summed E-state index contributed by atoms with van der Waals surface area (Å²) in [5.41, 5.74) is 18.2. The second-order valence-electron chi connectivity index (χ2n) is 32.2. The average molecular weight is 1840 g/mol. The Morgan fingerprint density at radius 3 is 1.13 bits per heavy atom. The summed E-state index contributed by atoms with van der Waals surface area (Å²) >= 11 is 0. The molecule has 12 nitrogen and oxygen atoms in total. The number of aryl methyl sites for hydroxylation is 8. The van der Waals surface area contributed by atoms with E-state index >= 15 is 0 Å². The van der Waals surface area contributed by atoms with Gasteiger partial charge in [0.1, 0.15) is 63.3 Å². The molecule has 4 fully saturated rings. The van der Waals surface area contributed by atoms with E-state index in [9.17, 15) is 0 Å². The number of amidine groups is 2. The number of ether oxygens (including phenoxy) is 2. The molecule has 0 spiro atoms. The third-order valence-corrected chi connectivity index (χ3v) is 34.2. The summed E-state index contributed by atoms with van der Waals surface area (Å²) < 4.78 is 16.4. The Hall–Kier alpha value is -4.53. The van der Waals surface area contributed by atoms with Crippen molar-refractivity contribution in [1.82, 2.24) is 29.3 Å². The normalized spacial score (nSPS) is 15.2. The third-order valence-electron chi connectivity index (χ3n) is 21.6. The fourth-order valence-corrected chi connectivity index (χ4v) is 28.9. The van der Waals surface area contributed by atoms with E-state index in [1.165, 1.54) is 200 Å². The number of benzene rings is 7. The first-order valence-electron chi connectivity index (χ1n) is 40.0. The number of aliphatic imine (C=N–C) groups is 4. The monoisotopic (exact) mass is 1830 g/mol. The molecular weight excluding hydrogens is 1680 g/mol. The number of rotatable bonds is 19. The fourth-order valence-electron chi connectivity index (χ4n) is 16.7. The molecule has 0 amide bonds. The Labute approximate surface area is 771 Å². The van der Waals surface area contributed by atoms with Crippen LogP contribution in [0.15, 0.2) is 172 Å². The van der Waals surface area contributed by atoms with Crippen molar-refractivity contribution < 1.29 is 78.9 Å². The van der Waals surface area contributed by atoms with Crippen LogP contribution in [0.1, 0.15) is 181 Å². The zero-order valence-corrected chi connectivity index (χ0v) is 86.4. The van der Waals surface area contributed by atoms with Gasteiger partial charge in [0, 0.05) is 52.1 Å². The third kappa shape index (κ3) is 33.5. The topological polar surface area (TPSA) is 105 Å². The molecular formula is C98H154Cr4N10O2P4+4. The maximum absolute atomic E-state index is 5.42. The van der Waals surface area contributed by atoms with Crippen molar-refractivity contribution >= 4 is 83.2 Å². The summed E-state index contributed by atoms with van der Waals surface area (Å²) in [5.74, 6) is 6.46. The molecule has 2 saturated carbocycles. The largest absolute Gasteiger partial charge is 2.00 e. The van der Waals surface area contributed by atoms with Crippen LogP contribution in [0, 0.1) is 115 Å². The van der Waals surface area contributed by atoms with Crippen LogP contribution in [0.4, 0.5) is 11.4 Å². The van der Waals surface area contributed by atoms with Crippen molar-refractivity contribution in [3.8, 4) is 11.5 Å². The van der Waals surface area contributed by atoms with Gasteiger partial charge in [0.15, 0.2) is 8.07 Å². The number of hydrogen-bond donors (Lipinski definition) is 2. The van der Waals surface area contributed by atoms with Gasteiger partial charge < -0.3 is 78.7 Å². The van der Waals surface area contributed by atoms with E-state index < -0.39 is 32.3 Å². The Balaban J connectivity index is -0.00000149. The Bertz CT molecular complexity index is 3940. The predicted molar refractivity (Wildman–Crippen MR) is 522 cm³/mol. The number of fused-ring (bicyclic) bond motifs is 2. The van der Waals surface area contributed by atoms with Crippen molar-refractivity contribution in [2.45, 2.75) is 222 Å². The molecule has 1 atom stereocenters. The standard InChI is InChI=1S/C32H35N2O2P.C28H35N2P.C17H30N3P.C13H26N3P.8CH3.4Cr/c1-22-7-9-26(10-8-22)21-31(33-32-24(3)19-23(2)20-25(32)4)34-37(29-15-11-27(35-5)12-16-29)30-17-13-28(36-6)14-18-30;1-20-13-15-24(16-14-20)19-26(29-27-22(3)17-21(2)18-23(27)4)30-31(28(5,6)7)25-11-9-8-10-12-25;1-2-8-15(7-1)21(16-9-3-4-10-16)20-14-6-13-19-12-5-11-18-17(19)20;1-11(2)17(12(3)4)16-10-6-9-15-8-5-7-14-13(15)16;;;;;;;;;;;;/h7-20H,21H2,1-6H3,(H,33,34);8-18H,19H2,1-7H3,(H,29,30);15-16H,1-14H2;11-12H,5-10H2,1-4H3;8*1H3;;;;/q;;;;8*-1;4*+2/p+4. The SMILES string of the molecule is C1CCC([PH+](C2CCCC2)N2CCCN3CCCN=C32)C1.CC(C)[PH+](C(C)C)N1CCCN2CCCN=C21.COc1ccc([PH+](NC(Cc2ccc(C)cc2)=Nc2c(C)cc(C)cc2C)c2ccc(OC)cc2)cc1.Cc1ccc(CC(=Nc2c(C)cc(C)cc2C)N[PH+](c2ccccc2)C(C)(C)C)cc1.[CH3-].[CH3-].[CH3-].[CH3-].[CH3-].[CH3-].[CH3-].[CH3-].[Cr+2].[Cr+2].[Cr+2].[Cr+2]. The molecule has 0 radical (unpaired) electrons. The molecule has 20 heteroatoms. The summed E-state index contributed by atoms with van der Waals surface area (Å²) in [7, 11) is -0.0204. The zero-order chi connectivity index (χ0) is 75.4. The predicted octanol–water partition coefficient (Wildman–Crippen LogP) is 23.7. The van der Waals surface area contributed by atoms with E-state index in [1.54, 1.807) is 14.2 Å². The molecule has 2 N–H and O–H groups in total. The quantitative estimate of drug-likeness (QED) is 0.0357. The minimum atomic E-state index is -1.42. The molecule has 13 rings (SSSR count). The Morgan fingerprint density at radius 1 is 0.424 bits per heavy atom. The van der Waals surface area contributed by atoms with Gasteiger partial charge in [-0.2, -0.15) is 0 Å². The van der Waals surface area contributed by atoms with E-state index in [4.69, 9.17) is 29.4 Å². The zero-order valence-electron chi connectivity index (χ0n) is 77.3. The number of nitrogens with one attached hydrogen (secondary N) is 2. The van der Waals surface area contributed by atoms with E-state index in [0.717, 1.165) is 76.7 Å². The van der Waals surface area contributed by atoms with Gasteiger partial charge in [0.25, 0.3) is 0 Å². The fraction of sp³-hybridized carbons (Fsp3) is 0.449. The minimum absolute atomic E-state index is 0. The maximum atomic E-state index is 5.42. The molecule has 7 aromatic carbocycles. The number of nitrogens with zero attached hydrogens (tertiary/aromatic N) is 8. The van der Waals surface area contributed by atoms with Gasteiger partial charge in [-0.3, -0.25) is 9.98 Å². The van der Waals surface area contributed by atoms with E-state index in [0.29, 0.717) is 6.42 Å². The summed E-state index contributed by atoms with van der Waals surface area (Å²) in [5, 5.41) is 11.8. The van der Waals surface area contributed by atoms with E-state index in [-0.39, 0.29) is 134 Å². The van der Waals surface area contributed by atoms with Crippen molar-refractivity contribution in [2.24, 2.45) is 20.0 Å². The Kier molecular flexibility index (Phi) is 57.6. The second-order valence-corrected chi connectivity index (χ2v) is 44.1. The van der Waals surface area contributed by atoms with Gasteiger partial charge in [0.05, 0.1) is 66.5 Å². The molecule has 4 heterocycles. The van der Waals surface area contributed by atoms with Crippen LogP contribution in [-0.4, -0.2) is 137 Å². The molecule has 118 heavy (non-hydrogen) atoms. The molecule has 7 aromatic rings. The van der Waals surface area contributed by atoms with Crippen molar-refractivity contribution in [3.05, 3.63) is 267 Å². The van der Waals surface area contributed by atoms with E-state index in [1.807, 2.05) is 24.3 Å². The molecule has 0 aromatic heterocycles. The van der Waals surface area contributed by atoms with Crippen LogP contribution in [0.25, 0.3) is 0 Å². The molecule has 6 aliphatic rings. The number of methoxy groups -OCH3 is 2. The molecule has 2 aliphatic carbocycles. The van der Waals surface area contributed by atoms with Gasteiger partial charge in [0.2, 0.25) is 11.9 Å². The molecule has 0 bridgehead atoms. The van der Waals surface area contributed by atoms with Crippen molar-refractivity contribution in [2.75, 3.05) is 66.6 Å². The summed E-state index contributed by atoms with van der Waals surface area (Å²) in [6.45, 7) is 43.3. The van der Waals surface area contributed by atoms with Gasteiger partial charge in [-0.1, -0.05) is 113 Å². The minimum Gasteiger partial charge on any atom is -0.497 e. The van der Waals surface area contributed by atoms with Crippen LogP contribution < -0.4 is 35.6 Å². The molecule has 2 saturated heterocycles. The summed E-state index contributed by atoms with van der Waals surface area (Å²) in [6.07, 6.45) is 18.8. The summed E-state index contributed by atoms with van der Waals surface area (Å²) in [6, 6.07) is 53.9. The van der Waals surface area contributed by atoms with Crippen LogP contribution in [0.5, 0.6) is 11.5 Å². The molecule has 4 aliphatic heterocycles. The van der Waals surface area contributed by atoms with Gasteiger partial charge >= 0.3 is 69.4 Å². The van der Waals surface area contributed by atoms with Gasteiger partial charge in [-0.25, -0.2) is 29.5 Å². The number of guanidine groups is 2. The first-order valence-corrected chi connectivity index (χ1v) is 46.2. The Morgan fingerprint density at radius 2 is 0.771 bits per heavy atom. The molecule has 1 unspecified atom stereocenters. The van der Waals surface area contributed by atoms with Gasteiger partial charge in [-0.05, 0) is 275 Å². The van der Waals surface area contributed by atoms with E-state index in [2.05, 4.69) is 261 Å². The first-order chi connectivity index (χ1) is 51.0. The summed E-state index contributed by atoms with van der Waals surface area (Å²) in [4.78, 5) is 25.4. The van der Waals surface area contributed by atoms with Crippen LogP contribution in [0.3, 0.4) is 0 Å². The smallest absolute Gasteiger partial charge is 0.497 e. The molecule has 648 valence electrons.